The number of rotatable bonds is 4. The second kappa shape index (κ2) is 8.52. The summed E-state index contributed by atoms with van der Waals surface area (Å²) in [6.45, 7) is 16.5. The first-order valence-electron chi connectivity index (χ1n) is 12.5. The van der Waals surface area contributed by atoms with E-state index in [-0.39, 0.29) is 36.6 Å². The van der Waals surface area contributed by atoms with Crippen molar-refractivity contribution in [2.75, 3.05) is 0 Å². The molecular weight excluding hydrogens is 450 g/mol. The fraction of sp³-hybridized carbons (Fsp3) is 0.429. The lowest BCUT2D eigenvalue weighted by molar-refractivity contribution is 0.00578. The van der Waals surface area contributed by atoms with Crippen LogP contribution in [0.15, 0.2) is 60.9 Å². The van der Waals surface area contributed by atoms with Gasteiger partial charge < -0.3 is 18.6 Å². The zero-order chi connectivity index (χ0) is 25.9. The van der Waals surface area contributed by atoms with Crippen LogP contribution in [0.5, 0.6) is 0 Å². The van der Waals surface area contributed by atoms with Gasteiger partial charge in [0.05, 0.1) is 46.2 Å². The summed E-state index contributed by atoms with van der Waals surface area (Å²) in [5, 5.41) is 0. The smallest absolute Gasteiger partial charge is 0.399 e. The van der Waals surface area contributed by atoms with Crippen molar-refractivity contribution in [1.82, 2.24) is 9.97 Å². The zero-order valence-corrected chi connectivity index (χ0v) is 22.5. The molecule has 0 bridgehead atoms. The Kier molecular flexibility index (Phi) is 5.95. The van der Waals surface area contributed by atoms with Crippen LogP contribution in [0.4, 0.5) is 0 Å². The summed E-state index contributed by atoms with van der Waals surface area (Å²) in [7, 11) is -0.754. The molecule has 0 radical (unpaired) electrons. The maximum absolute atomic E-state index is 6.16. The van der Waals surface area contributed by atoms with Crippen LogP contribution in [0.2, 0.25) is 0 Å². The minimum absolute atomic E-state index is 0.361. The van der Waals surface area contributed by atoms with Gasteiger partial charge in [0.25, 0.3) is 0 Å². The Morgan fingerprint density at radius 1 is 0.472 bits per heavy atom. The third-order valence-corrected chi connectivity index (χ3v) is 8.12. The third-order valence-electron chi connectivity index (χ3n) is 8.12. The average molecular weight is 484 g/mol. The first-order valence-corrected chi connectivity index (χ1v) is 12.5. The van der Waals surface area contributed by atoms with Crippen LogP contribution in [-0.4, -0.2) is 46.6 Å². The molecule has 0 aliphatic carbocycles. The van der Waals surface area contributed by atoms with Crippen molar-refractivity contribution in [2.45, 2.75) is 77.8 Å². The van der Waals surface area contributed by atoms with E-state index in [1.807, 2.05) is 48.5 Å². The highest BCUT2D eigenvalue weighted by molar-refractivity contribution is 6.62. The number of aromatic nitrogens is 2. The molecule has 0 spiro atoms. The molecule has 2 fully saturated rings. The van der Waals surface area contributed by atoms with E-state index in [2.05, 4.69) is 65.4 Å². The molecule has 2 saturated heterocycles. The molecule has 36 heavy (non-hydrogen) atoms. The SMILES string of the molecule is CC1(C)OB(c2ccc(-c3cnc(-c4ccc(B5OC(C)(C)C(C)(C)O5)cc4)cn3)cc2)OC1(C)C. The molecule has 2 aliphatic heterocycles. The normalized spacial score (nSPS) is 21.7. The highest BCUT2D eigenvalue weighted by atomic mass is 16.7. The monoisotopic (exact) mass is 484 g/mol. The predicted molar refractivity (Wildman–Crippen MR) is 144 cm³/mol. The van der Waals surface area contributed by atoms with E-state index >= 15 is 0 Å². The first-order chi connectivity index (χ1) is 16.8. The van der Waals surface area contributed by atoms with Gasteiger partial charge in [-0.05, 0) is 66.3 Å². The minimum atomic E-state index is -0.377. The van der Waals surface area contributed by atoms with Crippen molar-refractivity contribution in [3.63, 3.8) is 0 Å². The van der Waals surface area contributed by atoms with Crippen molar-refractivity contribution in [2.24, 2.45) is 0 Å². The Bertz CT molecular complexity index is 1110. The second-order valence-corrected chi connectivity index (χ2v) is 11.7. The van der Waals surface area contributed by atoms with E-state index in [9.17, 15) is 0 Å². The van der Waals surface area contributed by atoms with E-state index in [0.29, 0.717) is 0 Å². The standard InChI is InChI=1S/C28H34B2N2O4/c1-25(2)26(3,4)34-29(33-25)21-13-9-19(10-14-21)23-17-32-24(18-31-23)20-11-15-22(16-12-20)30-35-27(5,6)28(7,8)36-30/h9-18H,1-8H3. The Balaban J connectivity index is 1.27. The van der Waals surface area contributed by atoms with Gasteiger partial charge in [-0.25, -0.2) is 0 Å². The van der Waals surface area contributed by atoms with Gasteiger partial charge in [0.1, 0.15) is 0 Å². The summed E-state index contributed by atoms with van der Waals surface area (Å²) in [6, 6.07) is 16.2. The van der Waals surface area contributed by atoms with Gasteiger partial charge in [0.2, 0.25) is 0 Å². The number of hydrogen-bond acceptors (Lipinski definition) is 6. The Labute approximate surface area is 215 Å². The first kappa shape index (κ1) is 25.2. The van der Waals surface area contributed by atoms with Crippen LogP contribution in [0.25, 0.3) is 22.5 Å². The molecule has 0 amide bonds. The molecule has 2 aromatic carbocycles. The lowest BCUT2D eigenvalue weighted by Crippen LogP contribution is -2.41. The average Bonchev–Trinajstić information content (AvgIpc) is 3.19. The lowest BCUT2D eigenvalue weighted by Gasteiger charge is -2.32. The van der Waals surface area contributed by atoms with Crippen LogP contribution < -0.4 is 10.9 Å². The summed E-state index contributed by atoms with van der Waals surface area (Å²) >= 11 is 0. The molecule has 2 aliphatic rings. The number of nitrogens with zero attached hydrogens (tertiary/aromatic N) is 2. The quantitative estimate of drug-likeness (QED) is 0.512. The minimum Gasteiger partial charge on any atom is -0.399 e. The highest BCUT2D eigenvalue weighted by Gasteiger charge is 2.52. The van der Waals surface area contributed by atoms with Crippen molar-refractivity contribution in [1.29, 1.82) is 0 Å². The van der Waals surface area contributed by atoms with Crippen LogP contribution >= 0.6 is 0 Å². The topological polar surface area (TPSA) is 62.7 Å². The van der Waals surface area contributed by atoms with Crippen LogP contribution in [0.1, 0.15) is 55.4 Å². The Morgan fingerprint density at radius 2 is 0.750 bits per heavy atom. The molecule has 0 N–H and O–H groups in total. The van der Waals surface area contributed by atoms with Gasteiger partial charge in [0.15, 0.2) is 0 Å². The van der Waals surface area contributed by atoms with E-state index < -0.39 is 0 Å². The van der Waals surface area contributed by atoms with Crippen LogP contribution in [0.3, 0.4) is 0 Å². The van der Waals surface area contributed by atoms with Gasteiger partial charge in [-0.2, -0.15) is 0 Å². The third kappa shape index (κ3) is 4.41. The van der Waals surface area contributed by atoms with Crippen molar-refractivity contribution in [3.8, 4) is 22.5 Å². The molecular formula is C28H34B2N2O4. The second-order valence-electron chi connectivity index (χ2n) is 11.7. The van der Waals surface area contributed by atoms with Crippen molar-refractivity contribution in [3.05, 3.63) is 60.9 Å². The highest BCUT2D eigenvalue weighted by Crippen LogP contribution is 2.37. The number of benzene rings is 2. The molecule has 0 saturated carbocycles. The molecule has 1 aromatic heterocycles. The van der Waals surface area contributed by atoms with Gasteiger partial charge in [-0.1, -0.05) is 48.5 Å². The molecule has 186 valence electrons. The summed E-state index contributed by atoms with van der Waals surface area (Å²) in [6.07, 6.45) is 3.61. The van der Waals surface area contributed by atoms with E-state index in [1.165, 1.54) is 0 Å². The fourth-order valence-electron chi connectivity index (χ4n) is 4.21. The molecule has 6 nitrogen and oxygen atoms in total. The maximum Gasteiger partial charge on any atom is 0.494 e. The maximum atomic E-state index is 6.16. The largest absolute Gasteiger partial charge is 0.494 e. The van der Waals surface area contributed by atoms with Crippen LogP contribution in [0, 0.1) is 0 Å². The van der Waals surface area contributed by atoms with Gasteiger partial charge in [-0.3, -0.25) is 9.97 Å². The van der Waals surface area contributed by atoms with Gasteiger partial charge in [-0.15, -0.1) is 0 Å². The molecule has 8 heteroatoms. The Morgan fingerprint density at radius 3 is 1.00 bits per heavy atom. The summed E-state index contributed by atoms with van der Waals surface area (Å²) < 4.78 is 24.6. The lowest BCUT2D eigenvalue weighted by atomic mass is 9.78. The van der Waals surface area contributed by atoms with Gasteiger partial charge in [0, 0.05) is 11.1 Å². The molecule has 3 heterocycles. The molecule has 3 aromatic rings. The Hall–Kier alpha value is -2.51. The van der Waals surface area contributed by atoms with Crippen LogP contribution in [-0.2, 0) is 18.6 Å². The van der Waals surface area contributed by atoms with E-state index in [4.69, 9.17) is 18.6 Å². The van der Waals surface area contributed by atoms with Gasteiger partial charge >= 0.3 is 14.2 Å². The number of hydrogen-bond donors (Lipinski definition) is 0. The predicted octanol–water partition coefficient (Wildman–Crippen LogP) is 4.41. The summed E-state index contributed by atoms with van der Waals surface area (Å²) in [5.74, 6) is 0. The summed E-state index contributed by atoms with van der Waals surface area (Å²) in [4.78, 5) is 9.32. The fourth-order valence-corrected chi connectivity index (χ4v) is 4.21. The van der Waals surface area contributed by atoms with Crippen molar-refractivity contribution < 1.29 is 18.6 Å². The molecule has 5 rings (SSSR count). The molecule has 0 atom stereocenters. The zero-order valence-electron chi connectivity index (χ0n) is 22.5. The van der Waals surface area contributed by atoms with E-state index in [1.54, 1.807) is 12.4 Å². The van der Waals surface area contributed by atoms with E-state index in [0.717, 1.165) is 33.4 Å². The summed E-state index contributed by atoms with van der Waals surface area (Å²) in [5.41, 5.74) is 4.14. The van der Waals surface area contributed by atoms with Crippen molar-refractivity contribution >= 4 is 25.2 Å². The molecule has 0 unspecified atom stereocenters.